The van der Waals surface area contributed by atoms with E-state index in [4.69, 9.17) is 0 Å². The quantitative estimate of drug-likeness (QED) is 0.0700. The number of aliphatic hydroxyl groups excluding tert-OH is 1. The van der Waals surface area contributed by atoms with Gasteiger partial charge in [0.25, 0.3) is 6.43 Å². The SMILES string of the molecule is CCC(CC)C(=O)/C=C(\O)C(CC)CC.Cc1ccc2c(ccc3c(-c4[c-]c5ccccc5c(C(F)F)c4)nccc32)c1F.[Ir]. The fourth-order valence-electron chi connectivity index (χ4n) is 5.70. The van der Waals surface area contributed by atoms with Crippen molar-refractivity contribution in [2.24, 2.45) is 11.8 Å². The van der Waals surface area contributed by atoms with Crippen LogP contribution < -0.4 is 0 Å². The smallest absolute Gasteiger partial charge is 0.251 e. The molecule has 5 aromatic rings. The third-order valence-corrected chi connectivity index (χ3v) is 8.45. The molecule has 0 amide bonds. The first kappa shape index (κ1) is 35.9. The van der Waals surface area contributed by atoms with Gasteiger partial charge in [0.05, 0.1) is 5.76 Å². The van der Waals surface area contributed by atoms with Crippen molar-refractivity contribution in [3.8, 4) is 11.3 Å². The van der Waals surface area contributed by atoms with Crippen molar-refractivity contribution in [3.63, 3.8) is 0 Å². The molecule has 0 spiro atoms. The third kappa shape index (κ3) is 7.82. The molecule has 1 aromatic heterocycles. The van der Waals surface area contributed by atoms with Crippen LogP contribution in [0, 0.1) is 30.6 Å². The predicted octanol–water partition coefficient (Wildman–Crippen LogP) is 11.3. The van der Waals surface area contributed by atoms with Crippen molar-refractivity contribution >= 4 is 38.1 Å². The van der Waals surface area contributed by atoms with Crippen LogP contribution in [0.25, 0.3) is 43.6 Å². The van der Waals surface area contributed by atoms with Crippen LogP contribution in [0.2, 0.25) is 0 Å². The van der Waals surface area contributed by atoms with Gasteiger partial charge in [0, 0.05) is 55.3 Å². The number of ketones is 1. The topological polar surface area (TPSA) is 50.2 Å². The van der Waals surface area contributed by atoms with Crippen LogP contribution in [0.15, 0.2) is 78.7 Å². The van der Waals surface area contributed by atoms with E-state index in [9.17, 15) is 23.1 Å². The zero-order chi connectivity index (χ0) is 32.0. The Kier molecular flexibility index (Phi) is 12.9. The van der Waals surface area contributed by atoms with Crippen molar-refractivity contribution < 1.29 is 43.2 Å². The average molecular weight is 791 g/mol. The molecule has 0 aliphatic rings. The van der Waals surface area contributed by atoms with Gasteiger partial charge in [0.1, 0.15) is 5.82 Å². The normalized spacial score (nSPS) is 11.8. The Bertz CT molecular complexity index is 1810. The maximum absolute atomic E-state index is 14.6. The Morgan fingerprint density at radius 3 is 2.09 bits per heavy atom. The van der Waals surface area contributed by atoms with Gasteiger partial charge in [0.2, 0.25) is 0 Å². The number of allylic oxidation sites excluding steroid dienone is 2. The molecular weight excluding hydrogens is 752 g/mol. The Morgan fingerprint density at radius 1 is 0.844 bits per heavy atom. The molecular formula is C38H39F3IrNO2-. The van der Waals surface area contributed by atoms with Gasteiger partial charge in [-0.05, 0) is 66.0 Å². The van der Waals surface area contributed by atoms with E-state index in [1.807, 2.05) is 39.8 Å². The fourth-order valence-corrected chi connectivity index (χ4v) is 5.70. The molecule has 3 nitrogen and oxygen atoms in total. The summed E-state index contributed by atoms with van der Waals surface area (Å²) in [7, 11) is 0. The summed E-state index contributed by atoms with van der Waals surface area (Å²) >= 11 is 0. The summed E-state index contributed by atoms with van der Waals surface area (Å²) in [4.78, 5) is 16.2. The van der Waals surface area contributed by atoms with Gasteiger partial charge in [-0.1, -0.05) is 81.1 Å². The Labute approximate surface area is 276 Å². The molecule has 1 N–H and O–H groups in total. The molecule has 7 heteroatoms. The molecule has 45 heavy (non-hydrogen) atoms. The molecule has 0 aliphatic carbocycles. The Hall–Kier alpha value is -3.54. The van der Waals surface area contributed by atoms with Crippen molar-refractivity contribution in [2.45, 2.75) is 66.7 Å². The Morgan fingerprint density at radius 2 is 1.44 bits per heavy atom. The van der Waals surface area contributed by atoms with Gasteiger partial charge in [-0.3, -0.25) is 9.78 Å². The first-order valence-corrected chi connectivity index (χ1v) is 15.3. The van der Waals surface area contributed by atoms with Crippen molar-refractivity contribution in [1.29, 1.82) is 0 Å². The fraction of sp³-hybridized carbons (Fsp3) is 0.316. The number of fused-ring (bicyclic) bond motifs is 4. The second kappa shape index (κ2) is 16.1. The van der Waals surface area contributed by atoms with E-state index in [0.717, 1.165) is 41.8 Å². The summed E-state index contributed by atoms with van der Waals surface area (Å²) in [6.07, 6.45) is 3.92. The van der Waals surface area contributed by atoms with E-state index >= 15 is 0 Å². The number of carbonyl (C=O) groups excluding carboxylic acids is 1. The second-order valence-electron chi connectivity index (χ2n) is 11.1. The van der Waals surface area contributed by atoms with Gasteiger partial charge in [-0.15, -0.1) is 23.6 Å². The van der Waals surface area contributed by atoms with Crippen LogP contribution in [0.4, 0.5) is 13.2 Å². The standard InChI is InChI=1S/C25H15F3N.C13H24O2.Ir/c1-14-6-7-18-19-10-11-29-24(21(19)9-8-20(18)23(14)26)16-12-15-4-2-3-5-17(15)22(13-16)25(27)28;1-5-10(6-2)12(14)9-13(15)11(7-3)8-4;/h2-11,13,25H,1H3;9-11,14H,5-8H2,1-4H3;/q-1;;/b;12-9-;. The molecule has 0 fully saturated rings. The minimum absolute atomic E-state index is 0. The molecule has 1 heterocycles. The summed E-state index contributed by atoms with van der Waals surface area (Å²) in [6.45, 7) is 9.80. The van der Waals surface area contributed by atoms with Crippen LogP contribution in [0.1, 0.15) is 70.9 Å². The van der Waals surface area contributed by atoms with E-state index in [-0.39, 0.29) is 54.9 Å². The molecule has 0 aliphatic heterocycles. The van der Waals surface area contributed by atoms with Crippen LogP contribution >= 0.6 is 0 Å². The Balaban J connectivity index is 0.000000297. The third-order valence-electron chi connectivity index (χ3n) is 8.45. The molecule has 0 unspecified atom stereocenters. The maximum atomic E-state index is 14.6. The van der Waals surface area contributed by atoms with E-state index < -0.39 is 6.43 Å². The molecule has 0 bridgehead atoms. The number of aryl methyl sites for hydroxylation is 1. The van der Waals surface area contributed by atoms with Gasteiger partial charge in [0.15, 0.2) is 5.78 Å². The zero-order valence-corrected chi connectivity index (χ0v) is 28.7. The number of pyridine rings is 1. The summed E-state index contributed by atoms with van der Waals surface area (Å²) in [6, 6.07) is 20.6. The number of nitrogens with zero attached hydrogens (tertiary/aromatic N) is 1. The van der Waals surface area contributed by atoms with Crippen molar-refractivity contribution in [3.05, 3.63) is 102 Å². The number of benzene rings is 4. The molecule has 0 saturated heterocycles. The molecule has 4 aromatic carbocycles. The molecule has 5 rings (SSSR count). The van der Waals surface area contributed by atoms with E-state index in [2.05, 4.69) is 11.1 Å². The van der Waals surface area contributed by atoms with E-state index in [1.54, 1.807) is 55.6 Å². The van der Waals surface area contributed by atoms with Gasteiger partial charge in [-0.25, -0.2) is 13.2 Å². The number of hydrogen-bond acceptors (Lipinski definition) is 3. The van der Waals surface area contributed by atoms with Gasteiger partial charge in [-0.2, -0.15) is 0 Å². The minimum Gasteiger partial charge on any atom is -0.512 e. The van der Waals surface area contributed by atoms with E-state index in [1.165, 1.54) is 12.1 Å². The average Bonchev–Trinajstić information content (AvgIpc) is 3.03. The molecule has 239 valence electrons. The van der Waals surface area contributed by atoms with Crippen LogP contribution in [-0.2, 0) is 24.9 Å². The van der Waals surface area contributed by atoms with Crippen LogP contribution in [0.3, 0.4) is 0 Å². The number of hydrogen-bond donors (Lipinski definition) is 1. The number of aliphatic hydroxyl groups is 1. The summed E-state index contributed by atoms with van der Waals surface area (Å²) in [5.41, 5.74) is 1.58. The first-order chi connectivity index (χ1) is 21.1. The second-order valence-corrected chi connectivity index (χ2v) is 11.1. The summed E-state index contributed by atoms with van der Waals surface area (Å²) in [5, 5.41) is 13.8. The first-order valence-electron chi connectivity index (χ1n) is 15.3. The molecule has 0 saturated carbocycles. The summed E-state index contributed by atoms with van der Waals surface area (Å²) in [5.74, 6) is 0.297. The molecule has 1 radical (unpaired) electrons. The monoisotopic (exact) mass is 791 g/mol. The minimum atomic E-state index is -2.61. The van der Waals surface area contributed by atoms with Crippen LogP contribution in [0.5, 0.6) is 0 Å². The van der Waals surface area contributed by atoms with Crippen molar-refractivity contribution in [2.75, 3.05) is 0 Å². The predicted molar refractivity (Wildman–Crippen MR) is 175 cm³/mol. The largest absolute Gasteiger partial charge is 0.512 e. The van der Waals surface area contributed by atoms with Gasteiger partial charge < -0.3 is 5.11 Å². The summed E-state index contributed by atoms with van der Waals surface area (Å²) < 4.78 is 42.0. The maximum Gasteiger partial charge on any atom is 0.251 e. The number of rotatable bonds is 9. The molecule has 0 atom stereocenters. The van der Waals surface area contributed by atoms with Crippen LogP contribution in [-0.4, -0.2) is 15.9 Å². The van der Waals surface area contributed by atoms with E-state index in [0.29, 0.717) is 33.0 Å². The van der Waals surface area contributed by atoms with Crippen molar-refractivity contribution in [1.82, 2.24) is 4.98 Å². The number of carbonyl (C=O) groups is 1. The number of aromatic nitrogens is 1. The number of alkyl halides is 2. The van der Waals surface area contributed by atoms with Gasteiger partial charge >= 0.3 is 0 Å². The zero-order valence-electron chi connectivity index (χ0n) is 26.3. The number of halogens is 3.